The van der Waals surface area contributed by atoms with Gasteiger partial charge in [0.2, 0.25) is 0 Å². The van der Waals surface area contributed by atoms with E-state index in [0.29, 0.717) is 0 Å². The first-order chi connectivity index (χ1) is 9.16. The largest absolute Gasteiger partial charge is 0.324 e. The molecule has 0 saturated heterocycles. The van der Waals surface area contributed by atoms with Crippen LogP contribution in [0.4, 0.5) is 0 Å². The van der Waals surface area contributed by atoms with Gasteiger partial charge in [0, 0.05) is 29.0 Å². The zero-order valence-corrected chi connectivity index (χ0v) is 12.6. The molecule has 2 nitrogen and oxygen atoms in total. The number of benzene rings is 1. The van der Waals surface area contributed by atoms with Crippen LogP contribution in [0, 0.1) is 0 Å². The quantitative estimate of drug-likeness (QED) is 0.875. The van der Waals surface area contributed by atoms with Crippen molar-refractivity contribution >= 4 is 22.9 Å². The number of nitrogens with two attached hydrogens (primary N) is 1. The summed E-state index contributed by atoms with van der Waals surface area (Å²) in [6.45, 7) is 1.94. The van der Waals surface area contributed by atoms with Crippen molar-refractivity contribution in [1.29, 1.82) is 0 Å². The maximum atomic E-state index is 6.21. The monoisotopic (exact) mass is 294 g/mol. The van der Waals surface area contributed by atoms with Crippen molar-refractivity contribution in [2.24, 2.45) is 5.73 Å². The van der Waals surface area contributed by atoms with Crippen LogP contribution in [-0.2, 0) is 6.54 Å². The second-order valence-corrected chi connectivity index (χ2v) is 6.17. The molecule has 0 saturated carbocycles. The Morgan fingerprint density at radius 1 is 1.26 bits per heavy atom. The molecule has 0 aliphatic rings. The van der Waals surface area contributed by atoms with Crippen molar-refractivity contribution in [3.63, 3.8) is 0 Å². The molecule has 0 aliphatic heterocycles. The number of thiophene rings is 1. The molecule has 102 valence electrons. The maximum Gasteiger partial charge on any atom is 0.0453 e. The van der Waals surface area contributed by atoms with Gasteiger partial charge in [-0.1, -0.05) is 35.9 Å². The smallest absolute Gasteiger partial charge is 0.0453 e. The lowest BCUT2D eigenvalue weighted by Crippen LogP contribution is -2.23. The highest BCUT2D eigenvalue weighted by Crippen LogP contribution is 2.23. The van der Waals surface area contributed by atoms with Gasteiger partial charge in [0.25, 0.3) is 0 Å². The van der Waals surface area contributed by atoms with E-state index in [-0.39, 0.29) is 6.04 Å². The second kappa shape index (κ2) is 7.06. The highest BCUT2D eigenvalue weighted by atomic mass is 35.5. The molecule has 0 bridgehead atoms. The predicted molar refractivity (Wildman–Crippen MR) is 83.7 cm³/mol. The molecule has 1 aromatic heterocycles. The molecule has 1 aromatic carbocycles. The Morgan fingerprint density at radius 3 is 2.74 bits per heavy atom. The summed E-state index contributed by atoms with van der Waals surface area (Å²) < 4.78 is 0. The summed E-state index contributed by atoms with van der Waals surface area (Å²) >= 11 is 7.95. The first-order valence-electron chi connectivity index (χ1n) is 6.37. The van der Waals surface area contributed by atoms with Crippen LogP contribution in [0.15, 0.2) is 41.8 Å². The summed E-state index contributed by atoms with van der Waals surface area (Å²) in [4.78, 5) is 3.68. The average Bonchev–Trinajstić information content (AvgIpc) is 2.89. The van der Waals surface area contributed by atoms with Gasteiger partial charge >= 0.3 is 0 Å². The van der Waals surface area contributed by atoms with E-state index in [1.807, 2.05) is 24.3 Å². The van der Waals surface area contributed by atoms with E-state index >= 15 is 0 Å². The van der Waals surface area contributed by atoms with Crippen LogP contribution < -0.4 is 5.73 Å². The third kappa shape index (κ3) is 4.32. The summed E-state index contributed by atoms with van der Waals surface area (Å²) in [6.07, 6.45) is 0.908. The standard InChI is InChI=1S/C15H19ClN2S/c1-18(11-12-5-4-10-19-12)9-8-15(17)13-6-2-3-7-14(13)16/h2-7,10,15H,8-9,11,17H2,1H3. The fourth-order valence-electron chi connectivity index (χ4n) is 2.04. The fraction of sp³-hybridized carbons (Fsp3) is 0.333. The van der Waals surface area contributed by atoms with Crippen LogP contribution in [0.25, 0.3) is 0 Å². The number of hydrogen-bond acceptors (Lipinski definition) is 3. The third-order valence-corrected chi connectivity index (χ3v) is 4.34. The molecular weight excluding hydrogens is 276 g/mol. The van der Waals surface area contributed by atoms with Crippen LogP contribution in [0.5, 0.6) is 0 Å². The Morgan fingerprint density at radius 2 is 2.05 bits per heavy atom. The number of halogens is 1. The van der Waals surface area contributed by atoms with Crippen molar-refractivity contribution in [2.75, 3.05) is 13.6 Å². The van der Waals surface area contributed by atoms with Gasteiger partial charge in [-0.3, -0.25) is 0 Å². The number of nitrogens with zero attached hydrogens (tertiary/aromatic N) is 1. The van der Waals surface area contributed by atoms with E-state index < -0.39 is 0 Å². The van der Waals surface area contributed by atoms with Gasteiger partial charge in [-0.05, 0) is 36.5 Å². The number of rotatable bonds is 6. The van der Waals surface area contributed by atoms with Crippen LogP contribution in [0.2, 0.25) is 5.02 Å². The number of hydrogen-bond donors (Lipinski definition) is 1. The zero-order valence-electron chi connectivity index (χ0n) is 11.1. The van der Waals surface area contributed by atoms with Crippen LogP contribution in [-0.4, -0.2) is 18.5 Å². The molecule has 0 radical (unpaired) electrons. The SMILES string of the molecule is CN(CCC(N)c1ccccc1Cl)Cc1cccs1. The van der Waals surface area contributed by atoms with E-state index in [1.165, 1.54) is 4.88 Å². The minimum Gasteiger partial charge on any atom is -0.324 e. The highest BCUT2D eigenvalue weighted by molar-refractivity contribution is 7.09. The van der Waals surface area contributed by atoms with Crippen LogP contribution in [0.3, 0.4) is 0 Å². The van der Waals surface area contributed by atoms with E-state index in [2.05, 4.69) is 29.5 Å². The lowest BCUT2D eigenvalue weighted by Gasteiger charge is -2.19. The van der Waals surface area contributed by atoms with E-state index in [4.69, 9.17) is 17.3 Å². The molecule has 1 atom stereocenters. The van der Waals surface area contributed by atoms with Crippen molar-refractivity contribution in [3.05, 3.63) is 57.2 Å². The fourth-order valence-corrected chi connectivity index (χ4v) is 3.10. The summed E-state index contributed by atoms with van der Waals surface area (Å²) in [7, 11) is 2.12. The molecule has 2 aromatic rings. The van der Waals surface area contributed by atoms with Crippen molar-refractivity contribution in [1.82, 2.24) is 4.90 Å². The van der Waals surface area contributed by atoms with E-state index in [1.54, 1.807) is 11.3 Å². The van der Waals surface area contributed by atoms with Gasteiger partial charge in [-0.25, -0.2) is 0 Å². The normalized spacial score (nSPS) is 12.8. The molecule has 0 amide bonds. The topological polar surface area (TPSA) is 29.3 Å². The van der Waals surface area contributed by atoms with Crippen LogP contribution >= 0.6 is 22.9 Å². The predicted octanol–water partition coefficient (Wildman–Crippen LogP) is 3.92. The summed E-state index contributed by atoms with van der Waals surface area (Å²) in [5.74, 6) is 0. The minimum absolute atomic E-state index is 0.000476. The lowest BCUT2D eigenvalue weighted by atomic mass is 10.0. The van der Waals surface area contributed by atoms with Gasteiger partial charge in [0.1, 0.15) is 0 Å². The van der Waals surface area contributed by atoms with Crippen molar-refractivity contribution in [2.45, 2.75) is 19.0 Å². The van der Waals surface area contributed by atoms with Gasteiger partial charge in [0.05, 0.1) is 0 Å². The molecule has 0 aliphatic carbocycles. The second-order valence-electron chi connectivity index (χ2n) is 4.73. The summed E-state index contributed by atoms with van der Waals surface area (Å²) in [5, 5.41) is 2.87. The molecule has 1 heterocycles. The molecule has 0 fully saturated rings. The molecular formula is C15H19ClN2S. The molecule has 1 unspecified atom stereocenters. The Labute approximate surface area is 123 Å². The minimum atomic E-state index is -0.000476. The van der Waals surface area contributed by atoms with Gasteiger partial charge in [-0.15, -0.1) is 11.3 Å². The highest BCUT2D eigenvalue weighted by Gasteiger charge is 2.10. The first-order valence-corrected chi connectivity index (χ1v) is 7.63. The van der Waals surface area contributed by atoms with E-state index in [9.17, 15) is 0 Å². The van der Waals surface area contributed by atoms with Gasteiger partial charge in [0.15, 0.2) is 0 Å². The molecule has 19 heavy (non-hydrogen) atoms. The Balaban J connectivity index is 1.83. The Hall–Kier alpha value is -0.870. The van der Waals surface area contributed by atoms with Crippen molar-refractivity contribution < 1.29 is 0 Å². The third-order valence-electron chi connectivity index (χ3n) is 3.13. The first kappa shape index (κ1) is 14.5. The molecule has 2 rings (SSSR count). The lowest BCUT2D eigenvalue weighted by molar-refractivity contribution is 0.314. The Bertz CT molecular complexity index is 499. The summed E-state index contributed by atoms with van der Waals surface area (Å²) in [5.41, 5.74) is 7.24. The van der Waals surface area contributed by atoms with Crippen molar-refractivity contribution in [3.8, 4) is 0 Å². The molecule has 4 heteroatoms. The van der Waals surface area contributed by atoms with Gasteiger partial charge < -0.3 is 10.6 Å². The maximum absolute atomic E-state index is 6.21. The van der Waals surface area contributed by atoms with Crippen LogP contribution in [0.1, 0.15) is 22.9 Å². The Kier molecular flexibility index (Phi) is 5.40. The summed E-state index contributed by atoms with van der Waals surface area (Å²) in [6, 6.07) is 12.1. The average molecular weight is 295 g/mol. The zero-order chi connectivity index (χ0) is 13.7. The van der Waals surface area contributed by atoms with Gasteiger partial charge in [-0.2, -0.15) is 0 Å². The molecule has 0 spiro atoms. The van der Waals surface area contributed by atoms with E-state index in [0.717, 1.165) is 30.1 Å². The molecule has 2 N–H and O–H groups in total.